The van der Waals surface area contributed by atoms with Crippen molar-refractivity contribution in [2.45, 2.75) is 0 Å². The molecular weight excluding hydrogens is 623 g/mol. The molecule has 0 saturated carbocycles. The quantitative estimate of drug-likeness (QED) is 0.179. The van der Waals surface area contributed by atoms with Gasteiger partial charge in [0.15, 0.2) is 0 Å². The Hall–Kier alpha value is -6.84. The highest BCUT2D eigenvalue weighted by molar-refractivity contribution is 6.14. The lowest BCUT2D eigenvalue weighted by Crippen LogP contribution is -2.10. The van der Waals surface area contributed by atoms with Gasteiger partial charge >= 0.3 is 0 Å². The van der Waals surface area contributed by atoms with Gasteiger partial charge < -0.3 is 13.7 Å². The van der Waals surface area contributed by atoms with Crippen LogP contribution in [0.3, 0.4) is 0 Å². The Kier molecular flexibility index (Phi) is 6.81. The first-order valence-corrected chi connectivity index (χ1v) is 17.3. The molecule has 51 heavy (non-hydrogen) atoms. The summed E-state index contributed by atoms with van der Waals surface area (Å²) in [6.07, 6.45) is 0. The Labute approximate surface area is 295 Å². The van der Waals surface area contributed by atoms with Gasteiger partial charge in [-0.3, -0.25) is 0 Å². The van der Waals surface area contributed by atoms with Crippen molar-refractivity contribution < 1.29 is 8.83 Å². The maximum absolute atomic E-state index is 6.35. The third-order valence-corrected chi connectivity index (χ3v) is 9.89. The fourth-order valence-corrected chi connectivity index (χ4v) is 7.49. The Bertz CT molecular complexity index is 2840. The largest absolute Gasteiger partial charge is 0.456 e. The molecule has 0 saturated heterocycles. The van der Waals surface area contributed by atoms with E-state index in [0.29, 0.717) is 0 Å². The maximum atomic E-state index is 6.35. The lowest BCUT2D eigenvalue weighted by atomic mass is 9.98. The zero-order chi connectivity index (χ0) is 33.7. The smallest absolute Gasteiger partial charge is 0.137 e. The molecule has 0 unspecified atom stereocenters. The molecule has 0 aliphatic heterocycles. The summed E-state index contributed by atoms with van der Waals surface area (Å²) >= 11 is 0. The molecule has 0 aliphatic rings. The lowest BCUT2D eigenvalue weighted by molar-refractivity contribution is 0.668. The average molecular weight is 654 g/mol. The van der Waals surface area contributed by atoms with Crippen LogP contribution in [-0.2, 0) is 0 Å². The second-order valence-electron chi connectivity index (χ2n) is 12.9. The van der Waals surface area contributed by atoms with E-state index in [-0.39, 0.29) is 0 Å². The van der Waals surface area contributed by atoms with Crippen LogP contribution in [-0.4, -0.2) is 0 Å². The van der Waals surface area contributed by atoms with E-state index in [0.717, 1.165) is 72.1 Å². The first kappa shape index (κ1) is 29.1. The molecule has 8 aromatic carbocycles. The molecule has 0 amide bonds. The first-order valence-electron chi connectivity index (χ1n) is 17.3. The molecule has 3 nitrogen and oxygen atoms in total. The third kappa shape index (κ3) is 4.98. The molecule has 240 valence electrons. The Balaban J connectivity index is 1.10. The van der Waals surface area contributed by atoms with Gasteiger partial charge in [-0.25, -0.2) is 0 Å². The number of anilines is 3. The van der Waals surface area contributed by atoms with Gasteiger partial charge in [0, 0.05) is 27.5 Å². The molecule has 0 radical (unpaired) electrons. The van der Waals surface area contributed by atoms with Gasteiger partial charge in [0.25, 0.3) is 0 Å². The van der Waals surface area contributed by atoms with Crippen molar-refractivity contribution in [3.63, 3.8) is 0 Å². The second kappa shape index (κ2) is 11.9. The SMILES string of the molecule is c1ccc(-c2cccc(-c3ccc(N(c4ccc(-c5cccc6oc7ccccc7c56)cc4)c4cccc5oc6ccccc6c45)cc3)c2)cc1. The van der Waals surface area contributed by atoms with Gasteiger partial charge in [0.05, 0.1) is 11.1 Å². The fraction of sp³-hybridized carbons (Fsp3) is 0. The molecule has 0 atom stereocenters. The summed E-state index contributed by atoms with van der Waals surface area (Å²) in [7, 11) is 0. The van der Waals surface area contributed by atoms with Crippen LogP contribution >= 0.6 is 0 Å². The Morgan fingerprint density at radius 1 is 0.314 bits per heavy atom. The average Bonchev–Trinajstić information content (AvgIpc) is 3.78. The topological polar surface area (TPSA) is 29.5 Å². The molecule has 10 aromatic rings. The van der Waals surface area contributed by atoms with E-state index in [1.165, 1.54) is 22.3 Å². The molecular formula is C48H31NO2. The van der Waals surface area contributed by atoms with Crippen LogP contribution in [0.4, 0.5) is 17.1 Å². The van der Waals surface area contributed by atoms with Crippen LogP contribution < -0.4 is 4.90 Å². The molecule has 0 N–H and O–H groups in total. The highest BCUT2D eigenvalue weighted by Gasteiger charge is 2.20. The van der Waals surface area contributed by atoms with E-state index in [9.17, 15) is 0 Å². The first-order chi connectivity index (χ1) is 25.3. The number of benzene rings is 8. The number of hydrogen-bond acceptors (Lipinski definition) is 3. The normalized spacial score (nSPS) is 11.5. The van der Waals surface area contributed by atoms with Crippen molar-refractivity contribution in [1.82, 2.24) is 0 Å². The van der Waals surface area contributed by atoms with Crippen molar-refractivity contribution in [2.75, 3.05) is 4.90 Å². The fourth-order valence-electron chi connectivity index (χ4n) is 7.49. The van der Waals surface area contributed by atoms with Gasteiger partial charge in [-0.15, -0.1) is 0 Å². The van der Waals surface area contributed by atoms with Gasteiger partial charge in [0.1, 0.15) is 22.3 Å². The van der Waals surface area contributed by atoms with Crippen LogP contribution in [0.15, 0.2) is 197 Å². The highest BCUT2D eigenvalue weighted by Crippen LogP contribution is 2.44. The van der Waals surface area contributed by atoms with E-state index in [2.05, 4.69) is 163 Å². The number of para-hydroxylation sites is 2. The molecule has 0 spiro atoms. The Morgan fingerprint density at radius 3 is 1.45 bits per heavy atom. The summed E-state index contributed by atoms with van der Waals surface area (Å²) in [5, 5.41) is 4.45. The standard InChI is InChI=1S/C48H31NO2/c1-2-11-32(12-3-1)35-13-8-14-36(31-35)33-23-27-37(28-24-33)49(42-18-10-22-46-48(42)41-16-5-7-20-44(41)51-46)38-29-25-34(26-30-38)39-17-9-21-45-47(39)40-15-4-6-19-43(40)50-45/h1-31H. The summed E-state index contributed by atoms with van der Waals surface area (Å²) in [5.74, 6) is 0. The molecule has 0 fully saturated rings. The van der Waals surface area contributed by atoms with Crippen LogP contribution in [0.5, 0.6) is 0 Å². The molecule has 0 aliphatic carbocycles. The molecule has 2 aromatic heterocycles. The van der Waals surface area contributed by atoms with E-state index in [1.54, 1.807) is 0 Å². The van der Waals surface area contributed by atoms with Crippen molar-refractivity contribution in [3.05, 3.63) is 188 Å². The van der Waals surface area contributed by atoms with E-state index >= 15 is 0 Å². The minimum atomic E-state index is 0.864. The summed E-state index contributed by atoms with van der Waals surface area (Å²) in [5.41, 5.74) is 13.8. The van der Waals surface area contributed by atoms with E-state index < -0.39 is 0 Å². The van der Waals surface area contributed by atoms with Crippen LogP contribution in [0.2, 0.25) is 0 Å². The van der Waals surface area contributed by atoms with Gasteiger partial charge in [-0.05, 0) is 94.0 Å². The molecule has 2 heterocycles. The minimum absolute atomic E-state index is 0.864. The minimum Gasteiger partial charge on any atom is -0.456 e. The second-order valence-corrected chi connectivity index (χ2v) is 12.9. The van der Waals surface area contributed by atoms with Crippen molar-refractivity contribution >= 4 is 60.9 Å². The molecule has 3 heteroatoms. The van der Waals surface area contributed by atoms with Gasteiger partial charge in [-0.2, -0.15) is 0 Å². The number of rotatable bonds is 6. The Morgan fingerprint density at radius 2 is 0.784 bits per heavy atom. The van der Waals surface area contributed by atoms with Crippen molar-refractivity contribution in [3.8, 4) is 33.4 Å². The summed E-state index contributed by atoms with van der Waals surface area (Å²) in [6.45, 7) is 0. The highest BCUT2D eigenvalue weighted by atomic mass is 16.3. The van der Waals surface area contributed by atoms with Crippen LogP contribution in [0, 0.1) is 0 Å². The number of furan rings is 2. The van der Waals surface area contributed by atoms with E-state index in [4.69, 9.17) is 8.83 Å². The van der Waals surface area contributed by atoms with Crippen molar-refractivity contribution in [2.24, 2.45) is 0 Å². The number of nitrogens with zero attached hydrogens (tertiary/aromatic N) is 1. The summed E-state index contributed by atoms with van der Waals surface area (Å²) in [4.78, 5) is 2.34. The number of fused-ring (bicyclic) bond motifs is 6. The molecule has 10 rings (SSSR count). The maximum Gasteiger partial charge on any atom is 0.137 e. The van der Waals surface area contributed by atoms with Crippen LogP contribution in [0.1, 0.15) is 0 Å². The third-order valence-electron chi connectivity index (χ3n) is 9.89. The monoisotopic (exact) mass is 653 g/mol. The molecule has 0 bridgehead atoms. The predicted octanol–water partition coefficient (Wildman–Crippen LogP) is 14.0. The van der Waals surface area contributed by atoms with Gasteiger partial charge in [-0.1, -0.05) is 127 Å². The zero-order valence-electron chi connectivity index (χ0n) is 27.7. The van der Waals surface area contributed by atoms with Crippen molar-refractivity contribution in [1.29, 1.82) is 0 Å². The van der Waals surface area contributed by atoms with Gasteiger partial charge in [0.2, 0.25) is 0 Å². The lowest BCUT2D eigenvalue weighted by Gasteiger charge is -2.26. The zero-order valence-corrected chi connectivity index (χ0v) is 27.7. The predicted molar refractivity (Wildman–Crippen MR) is 212 cm³/mol. The summed E-state index contributed by atoms with van der Waals surface area (Å²) in [6, 6.07) is 66.2. The van der Waals surface area contributed by atoms with E-state index in [1.807, 2.05) is 30.3 Å². The summed E-state index contributed by atoms with van der Waals surface area (Å²) < 4.78 is 12.6. The number of hydrogen-bond donors (Lipinski definition) is 0. The van der Waals surface area contributed by atoms with Crippen LogP contribution in [0.25, 0.3) is 77.3 Å².